The van der Waals surface area contributed by atoms with Gasteiger partial charge in [0.05, 0.1) is 5.92 Å². The molecule has 0 aliphatic rings. The first-order valence-corrected chi connectivity index (χ1v) is 6.59. The van der Waals surface area contributed by atoms with Gasteiger partial charge in [-0.1, -0.05) is 33.1 Å². The van der Waals surface area contributed by atoms with Crippen molar-refractivity contribution in [1.29, 1.82) is 0 Å². The van der Waals surface area contributed by atoms with Gasteiger partial charge in [0.25, 0.3) is 0 Å². The zero-order valence-electron chi connectivity index (χ0n) is 11.6. The van der Waals surface area contributed by atoms with E-state index in [4.69, 9.17) is 10.2 Å². The molecule has 0 amide bonds. The number of rotatable bonds is 10. The third-order valence-corrected chi connectivity index (χ3v) is 3.13. The van der Waals surface area contributed by atoms with Gasteiger partial charge in [-0.3, -0.25) is 14.5 Å². The molecule has 106 valence electrons. The molecule has 0 bridgehead atoms. The average Bonchev–Trinajstić information content (AvgIpc) is 2.31. The number of aliphatic carboxylic acids is 2. The maximum Gasteiger partial charge on any atom is 0.320 e. The van der Waals surface area contributed by atoms with Crippen LogP contribution in [0.2, 0.25) is 0 Å². The summed E-state index contributed by atoms with van der Waals surface area (Å²) < 4.78 is 0. The predicted molar refractivity (Wildman–Crippen MR) is 69.6 cm³/mol. The number of carbonyl (C=O) groups is 2. The van der Waals surface area contributed by atoms with E-state index in [2.05, 4.69) is 6.92 Å². The number of nitrogens with zero attached hydrogens (tertiary/aromatic N) is 1. The monoisotopic (exact) mass is 259 g/mol. The van der Waals surface area contributed by atoms with Gasteiger partial charge < -0.3 is 10.2 Å². The van der Waals surface area contributed by atoms with Crippen LogP contribution in [0, 0.1) is 5.92 Å². The minimum atomic E-state index is -0.900. The lowest BCUT2D eigenvalue weighted by Crippen LogP contribution is -2.43. The van der Waals surface area contributed by atoms with Crippen LogP contribution in [0.1, 0.15) is 46.5 Å². The molecule has 0 radical (unpaired) electrons. The van der Waals surface area contributed by atoms with Gasteiger partial charge in [-0.2, -0.15) is 0 Å². The molecule has 0 heterocycles. The minimum Gasteiger partial charge on any atom is -0.481 e. The highest BCUT2D eigenvalue weighted by molar-refractivity contribution is 5.73. The third-order valence-electron chi connectivity index (χ3n) is 3.13. The molecule has 0 aromatic rings. The van der Waals surface area contributed by atoms with E-state index in [0.717, 1.165) is 25.7 Å². The Bertz CT molecular complexity index is 268. The molecule has 0 fully saturated rings. The Morgan fingerprint density at radius 1 is 1.06 bits per heavy atom. The van der Waals surface area contributed by atoms with E-state index in [1.807, 2.05) is 0 Å². The summed E-state index contributed by atoms with van der Waals surface area (Å²) in [6.07, 6.45) is 4.22. The second-order valence-corrected chi connectivity index (χ2v) is 4.81. The van der Waals surface area contributed by atoms with Crippen molar-refractivity contribution >= 4 is 11.9 Å². The van der Waals surface area contributed by atoms with E-state index < -0.39 is 23.9 Å². The van der Waals surface area contributed by atoms with Gasteiger partial charge in [0.2, 0.25) is 0 Å². The van der Waals surface area contributed by atoms with Crippen molar-refractivity contribution in [3.63, 3.8) is 0 Å². The predicted octanol–water partition coefficient (Wildman–Crippen LogP) is 2.06. The fourth-order valence-corrected chi connectivity index (χ4v) is 1.77. The fraction of sp³-hybridized carbons (Fsp3) is 0.846. The van der Waals surface area contributed by atoms with E-state index in [1.54, 1.807) is 18.7 Å². The van der Waals surface area contributed by atoms with Crippen LogP contribution in [0.15, 0.2) is 0 Å². The molecule has 5 heteroatoms. The molecule has 0 rings (SSSR count). The van der Waals surface area contributed by atoms with Crippen molar-refractivity contribution in [1.82, 2.24) is 4.90 Å². The zero-order chi connectivity index (χ0) is 14.1. The summed E-state index contributed by atoms with van der Waals surface area (Å²) in [6, 6.07) is -0.631. The molecule has 2 N–H and O–H groups in total. The summed E-state index contributed by atoms with van der Waals surface area (Å²) >= 11 is 0. The Kier molecular flexibility index (Phi) is 8.37. The first-order valence-electron chi connectivity index (χ1n) is 6.59. The SMILES string of the molecule is CCCCCCN(CC(C)C(=O)O)C(C)C(=O)O. The average molecular weight is 259 g/mol. The number of hydrogen-bond acceptors (Lipinski definition) is 3. The van der Waals surface area contributed by atoms with Gasteiger partial charge in [-0.15, -0.1) is 0 Å². The normalized spacial score (nSPS) is 14.4. The molecule has 2 atom stereocenters. The van der Waals surface area contributed by atoms with Crippen molar-refractivity contribution in [3.8, 4) is 0 Å². The van der Waals surface area contributed by atoms with Crippen molar-refractivity contribution in [2.45, 2.75) is 52.5 Å². The van der Waals surface area contributed by atoms with Crippen molar-refractivity contribution in [2.24, 2.45) is 5.92 Å². The Morgan fingerprint density at radius 2 is 1.67 bits per heavy atom. The lowest BCUT2D eigenvalue weighted by molar-refractivity contribution is -0.146. The van der Waals surface area contributed by atoms with Gasteiger partial charge in [0, 0.05) is 6.54 Å². The molecule has 0 aliphatic carbocycles. The van der Waals surface area contributed by atoms with Crippen LogP contribution in [0.4, 0.5) is 0 Å². The van der Waals surface area contributed by atoms with Crippen LogP contribution in [-0.2, 0) is 9.59 Å². The van der Waals surface area contributed by atoms with Gasteiger partial charge in [-0.25, -0.2) is 0 Å². The Balaban J connectivity index is 4.33. The molecule has 0 aromatic carbocycles. The van der Waals surface area contributed by atoms with E-state index >= 15 is 0 Å². The topological polar surface area (TPSA) is 77.8 Å². The highest BCUT2D eigenvalue weighted by Gasteiger charge is 2.24. The lowest BCUT2D eigenvalue weighted by atomic mass is 10.1. The molecule has 0 spiro atoms. The summed E-state index contributed by atoms with van der Waals surface area (Å²) in [5.41, 5.74) is 0. The van der Waals surface area contributed by atoms with E-state index in [1.165, 1.54) is 0 Å². The Morgan fingerprint density at radius 3 is 2.11 bits per heavy atom. The first-order chi connectivity index (χ1) is 8.40. The Hall–Kier alpha value is -1.10. The van der Waals surface area contributed by atoms with Crippen LogP contribution in [-0.4, -0.2) is 46.2 Å². The van der Waals surface area contributed by atoms with Gasteiger partial charge >= 0.3 is 11.9 Å². The maximum atomic E-state index is 11.0. The maximum absolute atomic E-state index is 11.0. The molecule has 0 saturated heterocycles. The second-order valence-electron chi connectivity index (χ2n) is 4.81. The van der Waals surface area contributed by atoms with Crippen molar-refractivity contribution in [3.05, 3.63) is 0 Å². The van der Waals surface area contributed by atoms with E-state index in [9.17, 15) is 9.59 Å². The van der Waals surface area contributed by atoms with Crippen LogP contribution in [0.5, 0.6) is 0 Å². The fourth-order valence-electron chi connectivity index (χ4n) is 1.77. The number of carboxylic acids is 2. The lowest BCUT2D eigenvalue weighted by Gasteiger charge is -2.27. The molecule has 0 aliphatic heterocycles. The highest BCUT2D eigenvalue weighted by atomic mass is 16.4. The highest BCUT2D eigenvalue weighted by Crippen LogP contribution is 2.09. The van der Waals surface area contributed by atoms with Gasteiger partial charge in [0.1, 0.15) is 6.04 Å². The molecule has 5 nitrogen and oxygen atoms in total. The molecule has 18 heavy (non-hydrogen) atoms. The second kappa shape index (κ2) is 8.91. The number of unbranched alkanes of at least 4 members (excludes halogenated alkanes) is 3. The summed E-state index contributed by atoms with van der Waals surface area (Å²) in [4.78, 5) is 23.6. The molecular formula is C13H25NO4. The minimum absolute atomic E-state index is 0.287. The molecule has 2 unspecified atom stereocenters. The van der Waals surface area contributed by atoms with E-state index in [-0.39, 0.29) is 6.54 Å². The number of carboxylic acid groups (broad SMARTS) is 2. The summed E-state index contributed by atoms with van der Waals surface area (Å²) in [6.45, 7) is 6.26. The number of hydrogen-bond donors (Lipinski definition) is 2. The third kappa shape index (κ3) is 6.59. The quantitative estimate of drug-likeness (QED) is 0.587. The standard InChI is InChI=1S/C13H25NO4/c1-4-5-6-7-8-14(11(3)13(17)18)9-10(2)12(15)16/h10-11H,4-9H2,1-3H3,(H,15,16)(H,17,18). The van der Waals surface area contributed by atoms with Crippen LogP contribution < -0.4 is 0 Å². The Labute approximate surface area is 109 Å². The molecular weight excluding hydrogens is 234 g/mol. The van der Waals surface area contributed by atoms with Crippen LogP contribution >= 0.6 is 0 Å². The van der Waals surface area contributed by atoms with Crippen molar-refractivity contribution in [2.75, 3.05) is 13.1 Å². The first kappa shape index (κ1) is 16.9. The molecule has 0 saturated carbocycles. The van der Waals surface area contributed by atoms with Crippen molar-refractivity contribution < 1.29 is 19.8 Å². The summed E-state index contributed by atoms with van der Waals surface area (Å²) in [7, 11) is 0. The van der Waals surface area contributed by atoms with Gasteiger partial charge in [0.15, 0.2) is 0 Å². The van der Waals surface area contributed by atoms with Crippen LogP contribution in [0.25, 0.3) is 0 Å². The summed E-state index contributed by atoms with van der Waals surface area (Å²) in [5, 5.41) is 17.9. The smallest absolute Gasteiger partial charge is 0.320 e. The van der Waals surface area contributed by atoms with Crippen LogP contribution in [0.3, 0.4) is 0 Å². The van der Waals surface area contributed by atoms with E-state index in [0.29, 0.717) is 6.54 Å². The zero-order valence-corrected chi connectivity index (χ0v) is 11.6. The molecule has 0 aromatic heterocycles. The largest absolute Gasteiger partial charge is 0.481 e. The summed E-state index contributed by atoms with van der Waals surface area (Å²) in [5.74, 6) is -2.33. The van der Waals surface area contributed by atoms with Gasteiger partial charge in [-0.05, 0) is 19.9 Å².